The average Bonchev–Trinajstić information content (AvgIpc) is 2.84. The zero-order valence-electron chi connectivity index (χ0n) is 21.0. The van der Waals surface area contributed by atoms with Crippen molar-refractivity contribution < 1.29 is 35.6 Å². The normalized spacial score (nSPS) is 13.2. The number of ether oxygens (including phenoxy) is 2. The van der Waals surface area contributed by atoms with Gasteiger partial charge in [-0.1, -0.05) is 50.2 Å². The van der Waals surface area contributed by atoms with E-state index >= 15 is 0 Å². The smallest absolute Gasteiger partial charge is 0.491 e. The Morgan fingerprint density at radius 1 is 0.811 bits per heavy atom. The van der Waals surface area contributed by atoms with Crippen LogP contribution in [-0.2, 0) is 10.1 Å². The lowest BCUT2D eigenvalue weighted by atomic mass is 9.94. The number of thiol groups is 1. The third kappa shape index (κ3) is 8.98. The molecule has 0 aliphatic carbocycles. The van der Waals surface area contributed by atoms with E-state index in [2.05, 4.69) is 58.0 Å². The first kappa shape index (κ1) is 30.5. The molecule has 2 unspecified atom stereocenters. The lowest BCUT2D eigenvalue weighted by Gasteiger charge is -2.16. The van der Waals surface area contributed by atoms with Crippen molar-refractivity contribution in [1.82, 2.24) is 0 Å². The maximum absolute atomic E-state index is 10.7. The molecule has 0 aromatic heterocycles. The summed E-state index contributed by atoms with van der Waals surface area (Å²) in [5.41, 5.74) is -0.980. The molecule has 0 aliphatic heterocycles. The van der Waals surface area contributed by atoms with E-state index in [4.69, 9.17) is 35.1 Å². The topological polar surface area (TPSA) is 72.8 Å². The van der Waals surface area contributed by atoms with Crippen molar-refractivity contribution in [2.75, 3.05) is 0 Å². The molecule has 10 heteroatoms. The van der Waals surface area contributed by atoms with Crippen LogP contribution >= 0.6 is 12.6 Å². The molecular weight excluding hydrogens is 525 g/mol. The minimum absolute atomic E-state index is 0.213. The van der Waals surface area contributed by atoms with Crippen LogP contribution in [0.2, 0.25) is 0 Å². The van der Waals surface area contributed by atoms with Gasteiger partial charge >= 0.3 is 15.6 Å². The maximum atomic E-state index is 10.7. The largest absolute Gasteiger partial charge is 0.522 e. The second-order valence-corrected chi connectivity index (χ2v) is 10.2. The van der Waals surface area contributed by atoms with Gasteiger partial charge in [-0.25, -0.2) is 0 Å². The van der Waals surface area contributed by atoms with Crippen LogP contribution in [0.1, 0.15) is 40.5 Å². The molecule has 202 valence electrons. The zero-order chi connectivity index (χ0) is 27.8. The van der Waals surface area contributed by atoms with E-state index in [0.29, 0.717) is 0 Å². The summed E-state index contributed by atoms with van der Waals surface area (Å²) in [6, 6.07) is 22.8. The summed E-state index contributed by atoms with van der Waals surface area (Å²) in [5, 5.41) is 0. The highest BCUT2D eigenvalue weighted by molar-refractivity contribution is 7.86. The van der Waals surface area contributed by atoms with Crippen molar-refractivity contribution in [2.45, 2.75) is 63.1 Å². The highest BCUT2D eigenvalue weighted by Crippen LogP contribution is 2.38. The molecule has 5 nitrogen and oxygen atoms in total. The van der Waals surface area contributed by atoms with Crippen LogP contribution in [0.3, 0.4) is 0 Å². The van der Waals surface area contributed by atoms with Crippen LogP contribution in [0, 0.1) is 0 Å². The summed E-state index contributed by atoms with van der Waals surface area (Å²) in [4.78, 5) is 0.957. The van der Waals surface area contributed by atoms with Crippen LogP contribution in [0.15, 0.2) is 71.6 Å². The van der Waals surface area contributed by atoms with E-state index < -0.39 is 15.6 Å². The first-order valence-corrected chi connectivity index (χ1v) is 13.5. The number of halogens is 3. The van der Waals surface area contributed by atoms with Crippen LogP contribution in [0.5, 0.6) is 11.5 Å². The number of alkyl halides is 3. The van der Waals surface area contributed by atoms with Crippen LogP contribution < -0.4 is 9.47 Å². The second-order valence-electron chi connectivity index (χ2n) is 8.34. The Kier molecular flexibility index (Phi) is 10.9. The molecule has 37 heavy (non-hydrogen) atoms. The molecule has 3 aromatic carbocycles. The molecule has 0 spiro atoms. The number of benzene rings is 3. The summed E-state index contributed by atoms with van der Waals surface area (Å²) < 4.78 is 69.4. The Morgan fingerprint density at radius 3 is 1.59 bits per heavy atom. The van der Waals surface area contributed by atoms with Crippen LogP contribution in [0.4, 0.5) is 13.2 Å². The van der Waals surface area contributed by atoms with Gasteiger partial charge < -0.3 is 9.47 Å². The van der Waals surface area contributed by atoms with Crippen molar-refractivity contribution in [2.24, 2.45) is 0 Å². The van der Waals surface area contributed by atoms with Crippen molar-refractivity contribution in [3.05, 3.63) is 66.7 Å². The highest BCUT2D eigenvalue weighted by atomic mass is 32.2. The first-order chi connectivity index (χ1) is 17.3. The maximum Gasteiger partial charge on any atom is 0.522 e. The van der Waals surface area contributed by atoms with Crippen molar-refractivity contribution in [3.8, 4) is 33.8 Å². The predicted octanol–water partition coefficient (Wildman–Crippen LogP) is 8.06. The lowest BCUT2D eigenvalue weighted by Crippen LogP contribution is -2.21. The van der Waals surface area contributed by atoms with Gasteiger partial charge in [-0.05, 0) is 73.7 Å². The van der Waals surface area contributed by atoms with E-state index in [0.717, 1.165) is 51.5 Å². The van der Waals surface area contributed by atoms with E-state index in [1.54, 1.807) is 0 Å². The third-order valence-electron chi connectivity index (χ3n) is 5.47. The van der Waals surface area contributed by atoms with Crippen LogP contribution in [0.25, 0.3) is 22.3 Å². The summed E-state index contributed by atoms with van der Waals surface area (Å²) in [7, 11) is -5.84. The van der Waals surface area contributed by atoms with Gasteiger partial charge in [0.1, 0.15) is 11.5 Å². The molecule has 0 bridgehead atoms. The summed E-state index contributed by atoms with van der Waals surface area (Å²) in [6.07, 6.45) is 2.41. The zero-order valence-corrected chi connectivity index (χ0v) is 22.7. The van der Waals surface area contributed by atoms with Crippen molar-refractivity contribution >= 4 is 22.7 Å². The molecule has 0 amide bonds. The predicted molar refractivity (Wildman–Crippen MR) is 143 cm³/mol. The van der Waals surface area contributed by atoms with Crippen molar-refractivity contribution in [1.29, 1.82) is 0 Å². The van der Waals surface area contributed by atoms with E-state index in [1.165, 1.54) is 0 Å². The second kappa shape index (κ2) is 13.2. The molecule has 0 heterocycles. The highest BCUT2D eigenvalue weighted by Gasteiger charge is 2.44. The Balaban J connectivity index is 0.000000521. The van der Waals surface area contributed by atoms with Gasteiger partial charge in [0, 0.05) is 10.5 Å². The molecule has 0 radical (unpaired) electrons. The van der Waals surface area contributed by atoms with Crippen molar-refractivity contribution in [3.63, 3.8) is 0 Å². The molecule has 2 atom stereocenters. The fourth-order valence-electron chi connectivity index (χ4n) is 3.13. The number of rotatable bonds is 8. The minimum atomic E-state index is -5.84. The van der Waals surface area contributed by atoms with Gasteiger partial charge in [0.2, 0.25) is 0 Å². The molecule has 0 saturated heterocycles. The first-order valence-electron chi connectivity index (χ1n) is 11.7. The molecule has 3 rings (SSSR count). The molecule has 0 fully saturated rings. The quantitative estimate of drug-likeness (QED) is 0.167. The Morgan fingerprint density at radius 2 is 1.22 bits per heavy atom. The van der Waals surface area contributed by atoms with E-state index in [-0.39, 0.29) is 12.2 Å². The fraction of sp³-hybridized carbons (Fsp3) is 0.333. The van der Waals surface area contributed by atoms with Gasteiger partial charge in [-0.2, -0.15) is 21.6 Å². The summed E-state index contributed by atoms with van der Waals surface area (Å²) in [5.74, 6) is 1.80. The Hall–Kier alpha value is -2.69. The van der Waals surface area contributed by atoms with Gasteiger partial charge in [0.25, 0.3) is 0 Å². The Bertz CT molecular complexity index is 1240. The van der Waals surface area contributed by atoms with Gasteiger partial charge in [-0.15, -0.1) is 12.6 Å². The van der Waals surface area contributed by atoms with Crippen LogP contribution in [-0.4, -0.2) is 30.7 Å². The molecule has 0 aliphatic rings. The fourth-order valence-corrected chi connectivity index (χ4v) is 3.46. The summed E-state index contributed by atoms with van der Waals surface area (Å²) in [6.45, 7) is 8.43. The van der Waals surface area contributed by atoms with Gasteiger partial charge in [-0.3, -0.25) is 4.55 Å². The third-order valence-corrected chi connectivity index (χ3v) is 6.43. The van der Waals surface area contributed by atoms with Gasteiger partial charge in [0.15, 0.2) is 0 Å². The standard InChI is InChI=1S/C26H30O2S.CHF3O3S/c1-5-18(3)27-22-14-10-20(11-15-22)24-8-7-9-25(29)26(24)21-12-16-23(17-13-21)28-19(4)6-2;2-1(3,4)8(5,6)7/h7-19,29H,5-6H2,1-4H3;(H,5,6,7). The minimum Gasteiger partial charge on any atom is -0.491 e. The molecule has 3 aromatic rings. The lowest BCUT2D eigenvalue weighted by molar-refractivity contribution is -0.0510. The van der Waals surface area contributed by atoms with E-state index in [1.807, 2.05) is 36.4 Å². The average molecular weight is 557 g/mol. The Labute approximate surface area is 221 Å². The number of hydrogen-bond acceptors (Lipinski definition) is 5. The monoisotopic (exact) mass is 556 g/mol. The van der Waals surface area contributed by atoms with Gasteiger partial charge in [0.05, 0.1) is 12.2 Å². The number of hydrogen-bond donors (Lipinski definition) is 2. The molecule has 0 saturated carbocycles. The summed E-state index contributed by atoms with van der Waals surface area (Å²) >= 11 is 4.75. The molecule has 1 N–H and O–H groups in total. The van der Waals surface area contributed by atoms with E-state index in [9.17, 15) is 13.2 Å². The molecular formula is C27H31F3O5S2. The SMILES string of the molecule is CCC(C)Oc1ccc(-c2cccc(S)c2-c2ccc(OC(C)CC)cc2)cc1.O=S(=O)(O)C(F)(F)F.